The minimum atomic E-state index is -3.59. The molecule has 3 aromatic rings. The Morgan fingerprint density at radius 2 is 1.76 bits per heavy atom. The van der Waals surface area contributed by atoms with Gasteiger partial charge in [0, 0.05) is 42.2 Å². The number of hydrogen-bond acceptors (Lipinski definition) is 6. The molecule has 8 nitrogen and oxygen atoms in total. The van der Waals surface area contributed by atoms with E-state index in [1.165, 1.54) is 35.8 Å². The zero-order valence-corrected chi connectivity index (χ0v) is 21.4. The summed E-state index contributed by atoms with van der Waals surface area (Å²) in [6, 6.07) is 8.79. The molecule has 0 saturated carbocycles. The number of benzene rings is 2. The first-order chi connectivity index (χ1) is 17.6. The van der Waals surface area contributed by atoms with E-state index in [1.807, 2.05) is 0 Å². The van der Waals surface area contributed by atoms with Gasteiger partial charge in [0.15, 0.2) is 11.6 Å². The second kappa shape index (κ2) is 11.3. The van der Waals surface area contributed by atoms with E-state index in [-0.39, 0.29) is 28.5 Å². The predicted molar refractivity (Wildman–Crippen MR) is 138 cm³/mol. The van der Waals surface area contributed by atoms with Crippen LogP contribution in [0, 0.1) is 17.6 Å². The number of aryl methyl sites for hydroxylation is 1. The fourth-order valence-electron chi connectivity index (χ4n) is 4.01. The number of ether oxygens (including phenoxy) is 2. The van der Waals surface area contributed by atoms with Crippen LogP contribution in [0.1, 0.15) is 19.8 Å². The minimum absolute atomic E-state index is 0.133. The highest BCUT2D eigenvalue weighted by atomic mass is 32.2. The third-order valence-corrected chi connectivity index (χ3v) is 7.47. The number of anilines is 1. The molecule has 1 aliphatic rings. The molecule has 2 heterocycles. The third kappa shape index (κ3) is 6.66. The van der Waals surface area contributed by atoms with Crippen LogP contribution in [-0.4, -0.2) is 38.4 Å². The molecule has 11 heteroatoms. The summed E-state index contributed by atoms with van der Waals surface area (Å²) in [5.74, 6) is -1.23. The number of sulfonamides is 1. The maximum atomic E-state index is 14.4. The average Bonchev–Trinajstić information content (AvgIpc) is 2.87. The van der Waals surface area contributed by atoms with Crippen molar-refractivity contribution < 1.29 is 26.7 Å². The number of piperidine rings is 1. The van der Waals surface area contributed by atoms with E-state index in [1.54, 1.807) is 13.2 Å². The van der Waals surface area contributed by atoms with Crippen molar-refractivity contribution in [2.45, 2.75) is 19.8 Å². The predicted octanol–water partition coefficient (Wildman–Crippen LogP) is 4.26. The number of halogens is 2. The van der Waals surface area contributed by atoms with E-state index in [0.29, 0.717) is 35.5 Å². The highest BCUT2D eigenvalue weighted by Gasteiger charge is 2.20. The molecule has 0 aliphatic carbocycles. The summed E-state index contributed by atoms with van der Waals surface area (Å²) in [5, 5.41) is 3.30. The molecular weight excluding hydrogens is 504 g/mol. The van der Waals surface area contributed by atoms with Crippen LogP contribution in [0.5, 0.6) is 17.2 Å². The summed E-state index contributed by atoms with van der Waals surface area (Å²) in [5.41, 5.74) is 0.767. The molecular formula is C26H29F2N3O5S. The fourth-order valence-corrected chi connectivity index (χ4v) is 4.64. The molecule has 0 unspecified atom stereocenters. The molecule has 37 heavy (non-hydrogen) atoms. The Hall–Kier alpha value is -3.44. The van der Waals surface area contributed by atoms with Gasteiger partial charge in [-0.05, 0) is 69.1 Å². The van der Waals surface area contributed by atoms with E-state index in [9.17, 15) is 22.0 Å². The van der Waals surface area contributed by atoms with Crippen molar-refractivity contribution in [1.82, 2.24) is 9.88 Å². The summed E-state index contributed by atoms with van der Waals surface area (Å²) in [6.45, 7) is 3.68. The molecule has 0 spiro atoms. The summed E-state index contributed by atoms with van der Waals surface area (Å²) in [7, 11) is -2.01. The zero-order valence-electron chi connectivity index (χ0n) is 20.6. The van der Waals surface area contributed by atoms with Gasteiger partial charge in [-0.15, -0.1) is 0 Å². The largest absolute Gasteiger partial charge is 0.492 e. The van der Waals surface area contributed by atoms with E-state index in [4.69, 9.17) is 9.47 Å². The smallest absolute Gasteiger partial charge is 0.254 e. The van der Waals surface area contributed by atoms with Gasteiger partial charge in [0.05, 0.1) is 12.4 Å². The fraction of sp³-hybridized carbons (Fsp3) is 0.346. The molecule has 198 valence electrons. The molecule has 1 aromatic heterocycles. The van der Waals surface area contributed by atoms with Gasteiger partial charge in [-0.25, -0.2) is 17.2 Å². The van der Waals surface area contributed by atoms with Gasteiger partial charge in [0.2, 0.25) is 10.0 Å². The van der Waals surface area contributed by atoms with Crippen LogP contribution in [-0.2, 0) is 17.1 Å². The third-order valence-electron chi connectivity index (χ3n) is 6.16. The molecule has 2 N–H and O–H groups in total. The summed E-state index contributed by atoms with van der Waals surface area (Å²) < 4.78 is 68.0. The second-order valence-corrected chi connectivity index (χ2v) is 10.9. The van der Waals surface area contributed by atoms with Crippen LogP contribution < -0.4 is 25.1 Å². The van der Waals surface area contributed by atoms with Crippen molar-refractivity contribution in [2.24, 2.45) is 13.0 Å². The number of nitrogens with zero attached hydrogens (tertiary/aromatic N) is 1. The maximum absolute atomic E-state index is 14.4. The van der Waals surface area contributed by atoms with Crippen LogP contribution in [0.2, 0.25) is 0 Å². The number of nitrogens with one attached hydrogen (secondary N) is 2. The van der Waals surface area contributed by atoms with E-state index < -0.39 is 21.7 Å². The van der Waals surface area contributed by atoms with Gasteiger partial charge in [0.25, 0.3) is 5.56 Å². The van der Waals surface area contributed by atoms with Crippen LogP contribution in [0.15, 0.2) is 53.5 Å². The van der Waals surface area contributed by atoms with Gasteiger partial charge in [-0.3, -0.25) is 9.52 Å². The molecule has 0 atom stereocenters. The van der Waals surface area contributed by atoms with Crippen LogP contribution in [0.25, 0.3) is 11.1 Å². The summed E-state index contributed by atoms with van der Waals surface area (Å²) in [6.07, 6.45) is 3.43. The van der Waals surface area contributed by atoms with Gasteiger partial charge >= 0.3 is 0 Å². The van der Waals surface area contributed by atoms with E-state index >= 15 is 0 Å². The second-order valence-electron chi connectivity index (χ2n) is 8.90. The van der Waals surface area contributed by atoms with Crippen LogP contribution >= 0.6 is 0 Å². The molecule has 1 saturated heterocycles. The molecule has 0 bridgehead atoms. The lowest BCUT2D eigenvalue weighted by atomic mass is 9.99. The van der Waals surface area contributed by atoms with Crippen LogP contribution in [0.4, 0.5) is 14.5 Å². The first kappa shape index (κ1) is 26.6. The van der Waals surface area contributed by atoms with Crippen LogP contribution in [0.3, 0.4) is 0 Å². The van der Waals surface area contributed by atoms with Crippen molar-refractivity contribution in [3.05, 3.63) is 70.6 Å². The van der Waals surface area contributed by atoms with Gasteiger partial charge < -0.3 is 19.4 Å². The lowest BCUT2D eigenvalue weighted by Crippen LogP contribution is -2.30. The highest BCUT2D eigenvalue weighted by molar-refractivity contribution is 7.92. The SMILES string of the molecule is CCS(=O)(=O)Nc1ccc(Oc2ccc(F)cc2F)c(-c2cn(C)c(=O)cc2OCC2CCNCC2)c1. The zero-order chi connectivity index (χ0) is 26.6. The summed E-state index contributed by atoms with van der Waals surface area (Å²) >= 11 is 0. The van der Waals surface area contributed by atoms with E-state index in [0.717, 1.165) is 38.1 Å². The Morgan fingerprint density at radius 3 is 2.46 bits per heavy atom. The summed E-state index contributed by atoms with van der Waals surface area (Å²) in [4.78, 5) is 12.5. The van der Waals surface area contributed by atoms with Crippen molar-refractivity contribution in [3.63, 3.8) is 0 Å². The van der Waals surface area contributed by atoms with Gasteiger partial charge in [-0.2, -0.15) is 0 Å². The average molecular weight is 534 g/mol. The molecule has 0 amide bonds. The molecule has 0 radical (unpaired) electrons. The lowest BCUT2D eigenvalue weighted by molar-refractivity contribution is 0.215. The molecule has 1 fully saturated rings. The maximum Gasteiger partial charge on any atom is 0.254 e. The Bertz CT molecular complexity index is 1440. The van der Waals surface area contributed by atoms with Crippen molar-refractivity contribution >= 4 is 15.7 Å². The Kier molecular flexibility index (Phi) is 8.13. The number of rotatable bonds is 9. The number of hydrogen-bond donors (Lipinski definition) is 2. The van der Waals surface area contributed by atoms with E-state index in [2.05, 4.69) is 10.0 Å². The normalized spacial score (nSPS) is 14.4. The first-order valence-corrected chi connectivity index (χ1v) is 13.6. The topological polar surface area (TPSA) is 98.7 Å². The quantitative estimate of drug-likeness (QED) is 0.427. The highest BCUT2D eigenvalue weighted by Crippen LogP contribution is 2.40. The van der Waals surface area contributed by atoms with Crippen molar-refractivity contribution in [3.8, 4) is 28.4 Å². The first-order valence-electron chi connectivity index (χ1n) is 12.0. The van der Waals surface area contributed by atoms with Crippen molar-refractivity contribution in [1.29, 1.82) is 0 Å². The molecule has 4 rings (SSSR count). The van der Waals surface area contributed by atoms with Crippen molar-refractivity contribution in [2.75, 3.05) is 30.2 Å². The standard InChI is InChI=1S/C26H29F2N3O5S/c1-3-37(33,34)30-19-5-7-23(36-24-6-4-18(27)12-22(24)28)20(13-19)21-15-31(2)26(32)14-25(21)35-16-17-8-10-29-11-9-17/h4-7,12-15,17,29-30H,3,8-11,16H2,1-2H3. The van der Waals surface area contributed by atoms with Gasteiger partial charge in [-0.1, -0.05) is 0 Å². The lowest BCUT2D eigenvalue weighted by Gasteiger charge is -2.24. The molecule has 1 aliphatic heterocycles. The Labute approximate surface area is 214 Å². The van der Waals surface area contributed by atoms with Gasteiger partial charge in [0.1, 0.15) is 17.3 Å². The Balaban J connectivity index is 1.79. The number of pyridine rings is 1. The monoisotopic (exact) mass is 533 g/mol. The number of aromatic nitrogens is 1. The minimum Gasteiger partial charge on any atom is -0.492 e. The Morgan fingerprint density at radius 1 is 1.03 bits per heavy atom. The molecule has 2 aromatic carbocycles.